The standard InChI is InChI=1S/C28H38F3N5O/c1-6-27(11-13-34(14-12-27)26(37)25-20(3)32-18-33-21(25)4)35-15-16-36(19(2)17-35)22(5)23-7-9-24(10-8-23)28(29,30)31/h7-10,18-19,22H,6,11-17H2,1-5H3/t19-,22-/m0/s1. The number of likely N-dealkylation sites (tertiary alicyclic amines) is 1. The van der Waals surface area contributed by atoms with E-state index >= 15 is 0 Å². The molecule has 202 valence electrons. The zero-order chi connectivity index (χ0) is 27.0. The van der Waals surface area contributed by atoms with Crippen LogP contribution in [0.5, 0.6) is 0 Å². The maximum absolute atomic E-state index is 13.3. The summed E-state index contributed by atoms with van der Waals surface area (Å²) >= 11 is 0. The number of carbonyl (C=O) groups excluding carboxylic acids is 1. The van der Waals surface area contributed by atoms with E-state index in [1.807, 2.05) is 18.7 Å². The maximum atomic E-state index is 13.3. The SMILES string of the molecule is CCC1(N2CCN([C@@H](C)c3ccc(C(F)(F)F)cc3)[C@@H](C)C2)CCN(C(=O)c2c(C)ncnc2C)CC1. The molecule has 2 saturated heterocycles. The van der Waals surface area contributed by atoms with E-state index in [4.69, 9.17) is 0 Å². The fraction of sp³-hybridized carbons (Fsp3) is 0.607. The number of alkyl halides is 3. The van der Waals surface area contributed by atoms with Crippen LogP contribution in [0, 0.1) is 13.8 Å². The average Bonchev–Trinajstić information content (AvgIpc) is 2.87. The molecule has 3 heterocycles. The number of hydrogen-bond acceptors (Lipinski definition) is 5. The molecular formula is C28H38F3N5O. The molecule has 0 unspecified atom stereocenters. The van der Waals surface area contributed by atoms with Crippen molar-refractivity contribution in [3.8, 4) is 0 Å². The van der Waals surface area contributed by atoms with Crippen LogP contribution in [0.1, 0.15) is 78.9 Å². The number of benzene rings is 1. The Hall–Kier alpha value is -2.52. The minimum Gasteiger partial charge on any atom is -0.338 e. The van der Waals surface area contributed by atoms with Gasteiger partial charge < -0.3 is 4.90 Å². The number of amides is 1. The summed E-state index contributed by atoms with van der Waals surface area (Å²) in [5, 5.41) is 0. The first-order chi connectivity index (χ1) is 17.5. The second-order valence-electron chi connectivity index (χ2n) is 10.6. The summed E-state index contributed by atoms with van der Waals surface area (Å²) in [5.74, 6) is 0.0175. The Bertz CT molecular complexity index is 1080. The molecule has 2 atom stereocenters. The highest BCUT2D eigenvalue weighted by molar-refractivity contribution is 5.96. The highest BCUT2D eigenvalue weighted by Gasteiger charge is 2.43. The number of piperidine rings is 1. The van der Waals surface area contributed by atoms with Gasteiger partial charge in [-0.1, -0.05) is 19.1 Å². The molecule has 0 radical (unpaired) electrons. The molecule has 0 spiro atoms. The molecule has 2 fully saturated rings. The van der Waals surface area contributed by atoms with Crippen LogP contribution in [-0.4, -0.2) is 74.9 Å². The third-order valence-corrected chi connectivity index (χ3v) is 8.65. The number of hydrogen-bond donors (Lipinski definition) is 0. The first kappa shape index (κ1) is 27.5. The average molecular weight is 518 g/mol. The van der Waals surface area contributed by atoms with Crippen LogP contribution in [0.2, 0.25) is 0 Å². The molecule has 9 heteroatoms. The molecule has 2 aromatic rings. The summed E-state index contributed by atoms with van der Waals surface area (Å²) in [6, 6.07) is 5.87. The number of nitrogens with zero attached hydrogens (tertiary/aromatic N) is 5. The van der Waals surface area contributed by atoms with Gasteiger partial charge in [0.2, 0.25) is 0 Å². The number of carbonyl (C=O) groups is 1. The Morgan fingerprint density at radius 1 is 1.05 bits per heavy atom. The zero-order valence-corrected chi connectivity index (χ0v) is 22.5. The highest BCUT2D eigenvalue weighted by Crippen LogP contribution is 2.37. The molecule has 2 aliphatic heterocycles. The van der Waals surface area contributed by atoms with Crippen LogP contribution in [-0.2, 0) is 6.18 Å². The molecule has 1 aromatic heterocycles. The molecule has 0 bridgehead atoms. The lowest BCUT2D eigenvalue weighted by molar-refractivity contribution is -0.137. The Balaban J connectivity index is 1.39. The van der Waals surface area contributed by atoms with E-state index < -0.39 is 11.7 Å². The zero-order valence-electron chi connectivity index (χ0n) is 22.5. The number of piperazine rings is 1. The molecule has 1 amide bonds. The van der Waals surface area contributed by atoms with Crippen LogP contribution < -0.4 is 0 Å². The van der Waals surface area contributed by atoms with Crippen LogP contribution >= 0.6 is 0 Å². The molecule has 6 nitrogen and oxygen atoms in total. The lowest BCUT2D eigenvalue weighted by Gasteiger charge is -2.54. The maximum Gasteiger partial charge on any atom is 0.416 e. The molecule has 1 aromatic carbocycles. The van der Waals surface area contributed by atoms with Crippen molar-refractivity contribution in [1.82, 2.24) is 24.7 Å². The van der Waals surface area contributed by atoms with Crippen molar-refractivity contribution in [3.63, 3.8) is 0 Å². The normalized spacial score (nSPS) is 22.2. The Labute approximate surface area is 217 Å². The second-order valence-corrected chi connectivity index (χ2v) is 10.6. The van der Waals surface area contributed by atoms with Gasteiger partial charge in [-0.05, 0) is 64.7 Å². The van der Waals surface area contributed by atoms with Gasteiger partial charge in [0.25, 0.3) is 5.91 Å². The summed E-state index contributed by atoms with van der Waals surface area (Å²) in [4.78, 5) is 28.6. The highest BCUT2D eigenvalue weighted by atomic mass is 19.4. The molecule has 0 saturated carbocycles. The van der Waals surface area contributed by atoms with E-state index in [0.717, 1.165) is 55.8 Å². The quantitative estimate of drug-likeness (QED) is 0.541. The van der Waals surface area contributed by atoms with Crippen molar-refractivity contribution in [3.05, 3.63) is 58.7 Å². The smallest absolute Gasteiger partial charge is 0.338 e. The Morgan fingerprint density at radius 2 is 1.65 bits per heavy atom. The summed E-state index contributed by atoms with van der Waals surface area (Å²) in [6.07, 6.45) is 0.0357. The van der Waals surface area contributed by atoms with Gasteiger partial charge in [0.05, 0.1) is 22.5 Å². The lowest BCUT2D eigenvalue weighted by Crippen LogP contribution is -2.63. The molecule has 4 rings (SSSR count). The van der Waals surface area contributed by atoms with E-state index in [9.17, 15) is 18.0 Å². The van der Waals surface area contributed by atoms with Crippen molar-refractivity contribution in [2.24, 2.45) is 0 Å². The molecular weight excluding hydrogens is 479 g/mol. The van der Waals surface area contributed by atoms with Crippen LogP contribution in [0.25, 0.3) is 0 Å². The van der Waals surface area contributed by atoms with Crippen LogP contribution in [0.15, 0.2) is 30.6 Å². The van der Waals surface area contributed by atoms with Gasteiger partial charge in [-0.2, -0.15) is 13.2 Å². The van der Waals surface area contributed by atoms with Crippen molar-refractivity contribution in [2.45, 2.75) is 77.7 Å². The van der Waals surface area contributed by atoms with Crippen LogP contribution in [0.3, 0.4) is 0 Å². The third kappa shape index (κ3) is 5.53. The van der Waals surface area contributed by atoms with Gasteiger partial charge in [-0.25, -0.2) is 9.97 Å². The van der Waals surface area contributed by atoms with Crippen molar-refractivity contribution < 1.29 is 18.0 Å². The fourth-order valence-electron chi connectivity index (χ4n) is 6.20. The van der Waals surface area contributed by atoms with Gasteiger partial charge >= 0.3 is 6.18 Å². The van der Waals surface area contributed by atoms with E-state index in [1.54, 1.807) is 12.1 Å². The molecule has 0 aliphatic carbocycles. The summed E-state index contributed by atoms with van der Waals surface area (Å²) < 4.78 is 38.9. The van der Waals surface area contributed by atoms with E-state index in [-0.39, 0.29) is 23.5 Å². The van der Waals surface area contributed by atoms with Gasteiger partial charge in [-0.3, -0.25) is 14.6 Å². The molecule has 37 heavy (non-hydrogen) atoms. The van der Waals surface area contributed by atoms with Crippen molar-refractivity contribution in [2.75, 3.05) is 32.7 Å². The minimum absolute atomic E-state index is 0.0175. The number of aromatic nitrogens is 2. The predicted octanol–water partition coefficient (Wildman–Crippen LogP) is 5.26. The fourth-order valence-corrected chi connectivity index (χ4v) is 6.20. The first-order valence-corrected chi connectivity index (χ1v) is 13.2. The van der Waals surface area contributed by atoms with Crippen molar-refractivity contribution >= 4 is 5.91 Å². The molecule has 2 aliphatic rings. The third-order valence-electron chi connectivity index (χ3n) is 8.65. The Morgan fingerprint density at radius 3 is 2.16 bits per heavy atom. The summed E-state index contributed by atoms with van der Waals surface area (Å²) in [6.45, 7) is 14.3. The monoisotopic (exact) mass is 517 g/mol. The lowest BCUT2D eigenvalue weighted by atomic mass is 9.82. The topological polar surface area (TPSA) is 52.6 Å². The van der Waals surface area contributed by atoms with Gasteiger partial charge in [0.1, 0.15) is 6.33 Å². The van der Waals surface area contributed by atoms with Gasteiger partial charge in [0, 0.05) is 50.3 Å². The molecule has 0 N–H and O–H groups in total. The second kappa shape index (κ2) is 10.7. The number of rotatable bonds is 5. The number of halogens is 3. The predicted molar refractivity (Wildman–Crippen MR) is 137 cm³/mol. The first-order valence-electron chi connectivity index (χ1n) is 13.2. The van der Waals surface area contributed by atoms with E-state index in [2.05, 4.69) is 40.5 Å². The van der Waals surface area contributed by atoms with Crippen LogP contribution in [0.4, 0.5) is 13.2 Å². The number of aryl methyl sites for hydroxylation is 2. The minimum atomic E-state index is -4.32. The van der Waals surface area contributed by atoms with Gasteiger partial charge in [0.15, 0.2) is 0 Å². The van der Waals surface area contributed by atoms with Crippen molar-refractivity contribution in [1.29, 1.82) is 0 Å². The summed E-state index contributed by atoms with van der Waals surface area (Å²) in [5.41, 5.74) is 2.40. The summed E-state index contributed by atoms with van der Waals surface area (Å²) in [7, 11) is 0. The van der Waals surface area contributed by atoms with Gasteiger partial charge in [-0.15, -0.1) is 0 Å². The largest absolute Gasteiger partial charge is 0.416 e. The Kier molecular flexibility index (Phi) is 7.95. The van der Waals surface area contributed by atoms with E-state index in [1.165, 1.54) is 18.5 Å². The van der Waals surface area contributed by atoms with E-state index in [0.29, 0.717) is 18.7 Å².